The van der Waals surface area contributed by atoms with Gasteiger partial charge in [0.2, 0.25) is 11.0 Å². The molecule has 0 radical (unpaired) electrons. The molecule has 0 saturated heterocycles. The SMILES string of the molecule is CC1CCC(NC(=O)CSc2nnc(NCc3ccc(F)cc3)s2)CC1. The Morgan fingerprint density at radius 3 is 2.69 bits per heavy atom. The molecule has 2 aromatic rings. The highest BCUT2D eigenvalue weighted by atomic mass is 32.2. The largest absolute Gasteiger partial charge is 0.356 e. The number of carbonyl (C=O) groups excluding carboxylic acids is 1. The zero-order chi connectivity index (χ0) is 18.4. The van der Waals surface area contributed by atoms with E-state index in [1.807, 2.05) is 0 Å². The van der Waals surface area contributed by atoms with Crippen LogP contribution in [0.5, 0.6) is 0 Å². The summed E-state index contributed by atoms with van der Waals surface area (Å²) in [5.41, 5.74) is 0.969. The van der Waals surface area contributed by atoms with Crippen molar-refractivity contribution in [2.75, 3.05) is 11.1 Å². The van der Waals surface area contributed by atoms with Crippen LogP contribution in [0, 0.1) is 11.7 Å². The predicted octanol–water partition coefficient (Wildman–Crippen LogP) is 4.08. The fraction of sp³-hybridized carbons (Fsp3) is 0.500. The number of benzene rings is 1. The molecule has 1 aromatic carbocycles. The van der Waals surface area contributed by atoms with Gasteiger partial charge in [-0.15, -0.1) is 10.2 Å². The van der Waals surface area contributed by atoms with Crippen molar-refractivity contribution >= 4 is 34.1 Å². The molecule has 0 unspecified atom stereocenters. The summed E-state index contributed by atoms with van der Waals surface area (Å²) in [6.45, 7) is 2.82. The lowest BCUT2D eigenvalue weighted by molar-refractivity contribution is -0.119. The molecule has 3 rings (SSSR count). The van der Waals surface area contributed by atoms with Gasteiger partial charge in [-0.1, -0.05) is 42.2 Å². The number of amides is 1. The van der Waals surface area contributed by atoms with Gasteiger partial charge in [-0.25, -0.2) is 4.39 Å². The highest BCUT2D eigenvalue weighted by Gasteiger charge is 2.19. The summed E-state index contributed by atoms with van der Waals surface area (Å²) in [7, 11) is 0. The number of rotatable bonds is 7. The Bertz CT molecular complexity index is 714. The number of anilines is 1. The third-order valence-electron chi connectivity index (χ3n) is 4.47. The summed E-state index contributed by atoms with van der Waals surface area (Å²) < 4.78 is 13.7. The van der Waals surface area contributed by atoms with Crippen LogP contribution in [0.3, 0.4) is 0 Å². The van der Waals surface area contributed by atoms with E-state index < -0.39 is 0 Å². The highest BCUT2D eigenvalue weighted by molar-refractivity contribution is 8.01. The fourth-order valence-corrected chi connectivity index (χ4v) is 4.48. The molecule has 0 spiro atoms. The first kappa shape index (κ1) is 19.1. The molecule has 0 aliphatic heterocycles. The van der Waals surface area contributed by atoms with Crippen molar-refractivity contribution < 1.29 is 9.18 Å². The van der Waals surface area contributed by atoms with Gasteiger partial charge in [0, 0.05) is 12.6 Å². The van der Waals surface area contributed by atoms with Crippen molar-refractivity contribution in [1.82, 2.24) is 15.5 Å². The summed E-state index contributed by atoms with van der Waals surface area (Å²) in [5.74, 6) is 0.952. The average Bonchev–Trinajstić information content (AvgIpc) is 3.09. The Morgan fingerprint density at radius 1 is 1.23 bits per heavy atom. The molecule has 1 heterocycles. The molecule has 26 heavy (non-hydrogen) atoms. The third kappa shape index (κ3) is 5.95. The van der Waals surface area contributed by atoms with Gasteiger partial charge in [0.1, 0.15) is 5.82 Å². The van der Waals surface area contributed by atoms with Crippen LogP contribution >= 0.6 is 23.1 Å². The lowest BCUT2D eigenvalue weighted by Gasteiger charge is -2.26. The molecule has 0 atom stereocenters. The first-order chi connectivity index (χ1) is 12.6. The number of halogens is 1. The van der Waals surface area contributed by atoms with Crippen LogP contribution in [0.15, 0.2) is 28.6 Å². The van der Waals surface area contributed by atoms with E-state index in [0.717, 1.165) is 28.7 Å². The van der Waals surface area contributed by atoms with E-state index in [-0.39, 0.29) is 11.7 Å². The standard InChI is InChI=1S/C18H23FN4OS2/c1-12-2-8-15(9-3-12)21-16(24)11-25-18-23-22-17(26-18)20-10-13-4-6-14(19)7-5-13/h4-7,12,15H,2-3,8-11H2,1H3,(H,20,22)(H,21,24). The Kier molecular flexibility index (Phi) is 6.85. The van der Waals surface area contributed by atoms with E-state index in [1.54, 1.807) is 12.1 Å². The molecule has 1 aliphatic rings. The number of aromatic nitrogens is 2. The molecule has 1 amide bonds. The minimum absolute atomic E-state index is 0.0607. The number of nitrogens with zero attached hydrogens (tertiary/aromatic N) is 2. The first-order valence-corrected chi connectivity index (χ1v) is 10.6. The summed E-state index contributed by atoms with van der Waals surface area (Å²) >= 11 is 2.82. The van der Waals surface area contributed by atoms with E-state index in [9.17, 15) is 9.18 Å². The molecule has 1 aliphatic carbocycles. The van der Waals surface area contributed by atoms with Crippen molar-refractivity contribution in [3.05, 3.63) is 35.6 Å². The molecule has 5 nitrogen and oxygen atoms in total. The highest BCUT2D eigenvalue weighted by Crippen LogP contribution is 2.26. The topological polar surface area (TPSA) is 66.9 Å². The monoisotopic (exact) mass is 394 g/mol. The van der Waals surface area contributed by atoms with E-state index in [2.05, 4.69) is 27.8 Å². The van der Waals surface area contributed by atoms with Crippen molar-refractivity contribution in [3.8, 4) is 0 Å². The molecule has 1 saturated carbocycles. The Labute approximate surface area is 161 Å². The van der Waals surface area contributed by atoms with Crippen LogP contribution in [-0.4, -0.2) is 27.9 Å². The summed E-state index contributed by atoms with van der Waals surface area (Å²) in [5, 5.41) is 15.2. The number of hydrogen-bond acceptors (Lipinski definition) is 6. The molecule has 0 bridgehead atoms. The second kappa shape index (κ2) is 9.32. The van der Waals surface area contributed by atoms with Crippen LogP contribution in [0.25, 0.3) is 0 Å². The smallest absolute Gasteiger partial charge is 0.230 e. The third-order valence-corrected chi connectivity index (χ3v) is 6.49. The minimum Gasteiger partial charge on any atom is -0.356 e. The summed E-state index contributed by atoms with van der Waals surface area (Å²) in [6, 6.07) is 6.65. The number of hydrogen-bond donors (Lipinski definition) is 2. The Balaban J connectivity index is 1.39. The van der Waals surface area contributed by atoms with E-state index in [4.69, 9.17) is 0 Å². The van der Waals surface area contributed by atoms with Gasteiger partial charge < -0.3 is 10.6 Å². The van der Waals surface area contributed by atoms with Gasteiger partial charge >= 0.3 is 0 Å². The zero-order valence-electron chi connectivity index (χ0n) is 14.7. The van der Waals surface area contributed by atoms with Crippen molar-refractivity contribution in [3.63, 3.8) is 0 Å². The van der Waals surface area contributed by atoms with Gasteiger partial charge in [-0.05, 0) is 49.3 Å². The molecule has 8 heteroatoms. The Morgan fingerprint density at radius 2 is 1.96 bits per heavy atom. The number of nitrogens with one attached hydrogen (secondary N) is 2. The van der Waals surface area contributed by atoms with Crippen molar-refractivity contribution in [2.24, 2.45) is 5.92 Å². The van der Waals surface area contributed by atoms with E-state index in [1.165, 1.54) is 48.1 Å². The van der Waals surface area contributed by atoms with Crippen LogP contribution in [0.2, 0.25) is 0 Å². The average molecular weight is 395 g/mol. The van der Waals surface area contributed by atoms with Gasteiger partial charge in [0.15, 0.2) is 4.34 Å². The Hall–Kier alpha value is -1.67. The van der Waals surface area contributed by atoms with Gasteiger partial charge in [0.25, 0.3) is 0 Å². The van der Waals surface area contributed by atoms with Crippen molar-refractivity contribution in [2.45, 2.75) is 49.5 Å². The summed E-state index contributed by atoms with van der Waals surface area (Å²) in [4.78, 5) is 12.1. The first-order valence-electron chi connectivity index (χ1n) is 8.82. The lowest BCUT2D eigenvalue weighted by Crippen LogP contribution is -2.38. The molecule has 1 aromatic heterocycles. The lowest BCUT2D eigenvalue weighted by atomic mass is 9.87. The zero-order valence-corrected chi connectivity index (χ0v) is 16.3. The van der Waals surface area contributed by atoms with Crippen LogP contribution in [0.1, 0.15) is 38.2 Å². The van der Waals surface area contributed by atoms with Crippen LogP contribution in [0.4, 0.5) is 9.52 Å². The van der Waals surface area contributed by atoms with Gasteiger partial charge in [0.05, 0.1) is 5.75 Å². The number of thioether (sulfide) groups is 1. The van der Waals surface area contributed by atoms with E-state index >= 15 is 0 Å². The maximum Gasteiger partial charge on any atom is 0.230 e. The number of carbonyl (C=O) groups is 1. The predicted molar refractivity (Wildman–Crippen MR) is 104 cm³/mol. The molecule has 2 N–H and O–H groups in total. The van der Waals surface area contributed by atoms with Crippen LogP contribution in [-0.2, 0) is 11.3 Å². The van der Waals surface area contributed by atoms with E-state index in [0.29, 0.717) is 23.5 Å². The van der Waals surface area contributed by atoms with Crippen LogP contribution < -0.4 is 10.6 Å². The molecule has 140 valence electrons. The maximum absolute atomic E-state index is 12.9. The van der Waals surface area contributed by atoms with Gasteiger partial charge in [-0.2, -0.15) is 0 Å². The molecule has 1 fully saturated rings. The normalized spacial score (nSPS) is 19.9. The minimum atomic E-state index is -0.246. The quantitative estimate of drug-likeness (QED) is 0.693. The fourth-order valence-electron chi connectivity index (χ4n) is 2.92. The second-order valence-electron chi connectivity index (χ2n) is 6.67. The maximum atomic E-state index is 12.9. The summed E-state index contributed by atoms with van der Waals surface area (Å²) in [6.07, 6.45) is 4.54. The van der Waals surface area contributed by atoms with Gasteiger partial charge in [-0.3, -0.25) is 4.79 Å². The molecular weight excluding hydrogens is 371 g/mol. The van der Waals surface area contributed by atoms with Crippen molar-refractivity contribution in [1.29, 1.82) is 0 Å². The second-order valence-corrected chi connectivity index (χ2v) is 8.87. The molecular formula is C18H23FN4OS2.